The van der Waals surface area contributed by atoms with Crippen LogP contribution < -0.4 is 10.1 Å². The first-order chi connectivity index (χ1) is 16.2. The van der Waals surface area contributed by atoms with Gasteiger partial charge >= 0.3 is 0 Å². The molecule has 7 heteroatoms. The maximum atomic E-state index is 12.9. The SMILES string of the molecule is Cc1ncc(-c2cccc3c2C[C@H](NC(=O)c2ccc(OCC4CCCO4)nc2)CC3)cn1. The third-order valence-electron chi connectivity index (χ3n) is 6.35. The lowest BCUT2D eigenvalue weighted by Gasteiger charge is -2.27. The van der Waals surface area contributed by atoms with E-state index in [0.717, 1.165) is 55.7 Å². The number of fused-ring (bicyclic) bond motifs is 1. The first-order valence-electron chi connectivity index (χ1n) is 11.6. The van der Waals surface area contributed by atoms with Crippen LogP contribution >= 0.6 is 0 Å². The van der Waals surface area contributed by atoms with Crippen molar-refractivity contribution in [3.8, 4) is 17.0 Å². The average molecular weight is 445 g/mol. The van der Waals surface area contributed by atoms with Gasteiger partial charge in [-0.3, -0.25) is 4.79 Å². The zero-order valence-corrected chi connectivity index (χ0v) is 18.8. The summed E-state index contributed by atoms with van der Waals surface area (Å²) in [6, 6.07) is 9.94. The zero-order valence-electron chi connectivity index (χ0n) is 18.8. The molecule has 2 aromatic heterocycles. The van der Waals surface area contributed by atoms with Crippen molar-refractivity contribution in [2.45, 2.75) is 51.2 Å². The van der Waals surface area contributed by atoms with Crippen molar-refractivity contribution in [2.24, 2.45) is 0 Å². The van der Waals surface area contributed by atoms with Crippen molar-refractivity contribution in [3.05, 3.63) is 71.4 Å². The van der Waals surface area contributed by atoms with Crippen molar-refractivity contribution in [3.63, 3.8) is 0 Å². The second kappa shape index (κ2) is 9.67. The lowest BCUT2D eigenvalue weighted by Crippen LogP contribution is -2.39. The summed E-state index contributed by atoms with van der Waals surface area (Å²) >= 11 is 0. The van der Waals surface area contributed by atoms with E-state index < -0.39 is 0 Å². The van der Waals surface area contributed by atoms with Gasteiger partial charge in [0.05, 0.1) is 11.7 Å². The topological polar surface area (TPSA) is 86.2 Å². The fourth-order valence-electron chi connectivity index (χ4n) is 4.54. The monoisotopic (exact) mass is 444 g/mol. The van der Waals surface area contributed by atoms with Gasteiger partial charge in [0.25, 0.3) is 5.91 Å². The Labute approximate surface area is 193 Å². The molecule has 1 fully saturated rings. The molecule has 3 aromatic rings. The number of carbonyl (C=O) groups excluding carboxylic acids is 1. The lowest BCUT2D eigenvalue weighted by atomic mass is 9.84. The van der Waals surface area contributed by atoms with Gasteiger partial charge in [-0.1, -0.05) is 18.2 Å². The van der Waals surface area contributed by atoms with E-state index in [1.807, 2.05) is 19.3 Å². The van der Waals surface area contributed by atoms with E-state index in [9.17, 15) is 4.79 Å². The maximum Gasteiger partial charge on any atom is 0.253 e. The summed E-state index contributed by atoms with van der Waals surface area (Å²) in [5.41, 5.74) is 5.27. The number of ether oxygens (including phenoxy) is 2. The molecule has 1 saturated heterocycles. The predicted octanol–water partition coefficient (Wildman–Crippen LogP) is 3.69. The number of hydrogen-bond donors (Lipinski definition) is 1. The van der Waals surface area contributed by atoms with Crippen molar-refractivity contribution in [1.82, 2.24) is 20.3 Å². The molecule has 2 atom stereocenters. The minimum absolute atomic E-state index is 0.0629. The van der Waals surface area contributed by atoms with Crippen LogP contribution in [0.25, 0.3) is 11.1 Å². The van der Waals surface area contributed by atoms with Crippen molar-refractivity contribution < 1.29 is 14.3 Å². The van der Waals surface area contributed by atoms with Gasteiger partial charge in [0.1, 0.15) is 12.4 Å². The molecule has 0 bridgehead atoms. The smallest absolute Gasteiger partial charge is 0.253 e. The van der Waals surface area contributed by atoms with E-state index in [2.05, 4.69) is 38.5 Å². The molecule has 3 heterocycles. The van der Waals surface area contributed by atoms with Crippen LogP contribution in [0.4, 0.5) is 0 Å². The first kappa shape index (κ1) is 21.5. The van der Waals surface area contributed by atoms with Crippen LogP contribution in [0.2, 0.25) is 0 Å². The lowest BCUT2D eigenvalue weighted by molar-refractivity contribution is 0.0663. The molecule has 7 nitrogen and oxygen atoms in total. The second-order valence-corrected chi connectivity index (χ2v) is 8.71. The molecule has 1 unspecified atom stereocenters. The Kier molecular flexibility index (Phi) is 6.30. The summed E-state index contributed by atoms with van der Waals surface area (Å²) < 4.78 is 11.3. The molecule has 5 rings (SSSR count). The van der Waals surface area contributed by atoms with Gasteiger partial charge < -0.3 is 14.8 Å². The highest BCUT2D eigenvalue weighted by atomic mass is 16.5. The molecule has 0 spiro atoms. The molecular weight excluding hydrogens is 416 g/mol. The summed E-state index contributed by atoms with van der Waals surface area (Å²) in [6.45, 7) is 3.17. The third kappa shape index (κ3) is 5.03. The van der Waals surface area contributed by atoms with E-state index in [4.69, 9.17) is 9.47 Å². The number of pyridine rings is 1. The van der Waals surface area contributed by atoms with E-state index in [1.54, 1.807) is 18.3 Å². The number of hydrogen-bond acceptors (Lipinski definition) is 6. The molecular formula is C26H28N4O3. The summed E-state index contributed by atoms with van der Waals surface area (Å²) in [6.07, 6.45) is 10.2. The Hall–Kier alpha value is -3.32. The number of rotatable bonds is 6. The highest BCUT2D eigenvalue weighted by molar-refractivity contribution is 5.94. The first-order valence-corrected chi connectivity index (χ1v) is 11.6. The molecule has 1 aliphatic heterocycles. The molecule has 1 amide bonds. The molecule has 1 aromatic carbocycles. The van der Waals surface area contributed by atoms with Crippen LogP contribution in [0.3, 0.4) is 0 Å². The number of aryl methyl sites for hydroxylation is 2. The number of nitrogens with zero attached hydrogens (tertiary/aromatic N) is 3. The minimum Gasteiger partial charge on any atom is -0.475 e. The fourth-order valence-corrected chi connectivity index (χ4v) is 4.54. The number of amides is 1. The molecule has 170 valence electrons. The standard InChI is InChI=1S/C26H28N4O3/c1-17-27-14-20(15-28-17)23-6-2-4-18-7-9-21(12-24(18)23)30-26(31)19-8-10-25(29-13-19)33-16-22-5-3-11-32-22/h2,4,6,8,10,13-15,21-22H,3,5,7,9,11-12,16H2,1H3,(H,30,31)/t21-,22?/m1/s1. The largest absolute Gasteiger partial charge is 0.475 e. The van der Waals surface area contributed by atoms with Gasteiger partial charge in [-0.25, -0.2) is 15.0 Å². The quantitative estimate of drug-likeness (QED) is 0.624. The number of aromatic nitrogens is 3. The van der Waals surface area contributed by atoms with Crippen molar-refractivity contribution in [1.29, 1.82) is 0 Å². The Balaban J connectivity index is 1.23. The van der Waals surface area contributed by atoms with E-state index in [-0.39, 0.29) is 18.1 Å². The third-order valence-corrected chi connectivity index (χ3v) is 6.35. The second-order valence-electron chi connectivity index (χ2n) is 8.71. The van der Waals surface area contributed by atoms with Crippen LogP contribution in [0, 0.1) is 6.92 Å². The van der Waals surface area contributed by atoms with Crippen molar-refractivity contribution >= 4 is 5.91 Å². The summed E-state index contributed by atoms with van der Waals surface area (Å²) in [5, 5.41) is 3.19. The molecule has 33 heavy (non-hydrogen) atoms. The summed E-state index contributed by atoms with van der Waals surface area (Å²) in [7, 11) is 0. The molecule has 1 aliphatic carbocycles. The average Bonchev–Trinajstić information content (AvgIpc) is 3.37. The van der Waals surface area contributed by atoms with Gasteiger partial charge in [-0.05, 0) is 61.8 Å². The van der Waals surface area contributed by atoms with Crippen molar-refractivity contribution in [2.75, 3.05) is 13.2 Å². The Morgan fingerprint density at radius 2 is 2.00 bits per heavy atom. The fraction of sp³-hybridized carbons (Fsp3) is 0.385. The van der Waals surface area contributed by atoms with Crippen LogP contribution in [0.1, 0.15) is 46.6 Å². The number of benzene rings is 1. The predicted molar refractivity (Wildman–Crippen MR) is 124 cm³/mol. The normalized spacial score (nSPS) is 19.7. The summed E-state index contributed by atoms with van der Waals surface area (Å²) in [5.74, 6) is 1.15. The Morgan fingerprint density at radius 3 is 2.76 bits per heavy atom. The number of carbonyl (C=O) groups is 1. The Bertz CT molecular complexity index is 1110. The molecule has 1 N–H and O–H groups in total. The number of nitrogens with one attached hydrogen (secondary N) is 1. The highest BCUT2D eigenvalue weighted by Crippen LogP contribution is 2.31. The van der Waals surface area contributed by atoms with Crippen LogP contribution in [-0.2, 0) is 17.6 Å². The highest BCUT2D eigenvalue weighted by Gasteiger charge is 2.24. The zero-order chi connectivity index (χ0) is 22.6. The Morgan fingerprint density at radius 1 is 1.12 bits per heavy atom. The molecule has 0 saturated carbocycles. The van der Waals surface area contributed by atoms with E-state index >= 15 is 0 Å². The maximum absolute atomic E-state index is 12.9. The minimum atomic E-state index is -0.113. The summed E-state index contributed by atoms with van der Waals surface area (Å²) in [4.78, 5) is 25.9. The van der Waals surface area contributed by atoms with E-state index in [1.165, 1.54) is 11.1 Å². The van der Waals surface area contributed by atoms with Crippen LogP contribution in [-0.4, -0.2) is 46.2 Å². The van der Waals surface area contributed by atoms with Gasteiger partial charge in [-0.15, -0.1) is 0 Å². The molecule has 2 aliphatic rings. The van der Waals surface area contributed by atoms with Gasteiger partial charge in [0.15, 0.2) is 0 Å². The van der Waals surface area contributed by atoms with Crippen LogP contribution in [0.5, 0.6) is 5.88 Å². The molecule has 0 radical (unpaired) electrons. The van der Waals surface area contributed by atoms with Gasteiger partial charge in [-0.2, -0.15) is 0 Å². The van der Waals surface area contributed by atoms with Gasteiger partial charge in [0.2, 0.25) is 5.88 Å². The van der Waals surface area contributed by atoms with Gasteiger partial charge in [0, 0.05) is 42.9 Å². The van der Waals surface area contributed by atoms with E-state index in [0.29, 0.717) is 18.1 Å². The van der Waals surface area contributed by atoms with Crippen LogP contribution in [0.15, 0.2) is 48.9 Å².